The van der Waals surface area contributed by atoms with Crippen LogP contribution < -0.4 is 5.32 Å². The van der Waals surface area contributed by atoms with E-state index in [9.17, 15) is 4.79 Å². The molecule has 2 rings (SSSR count). The van der Waals surface area contributed by atoms with Crippen LogP contribution >= 0.6 is 0 Å². The molecule has 0 radical (unpaired) electrons. The van der Waals surface area contributed by atoms with E-state index in [4.69, 9.17) is 0 Å². The molecule has 0 unspecified atom stereocenters. The maximum Gasteiger partial charge on any atom is 0.256 e. The molecule has 1 amide bonds. The molecular weight excluding hydrogens is 168 g/mol. The van der Waals surface area contributed by atoms with Gasteiger partial charge in [-0.25, -0.2) is 4.99 Å². The average molecular weight is 178 g/mol. The van der Waals surface area contributed by atoms with Crippen LogP contribution in [-0.2, 0) is 0 Å². The molecule has 5 heteroatoms. The lowest BCUT2D eigenvalue weighted by atomic mass is 10.3. The Hall–Kier alpha value is -1.65. The highest BCUT2D eigenvalue weighted by Crippen LogP contribution is 2.21. The van der Waals surface area contributed by atoms with Gasteiger partial charge in [0.2, 0.25) is 0 Å². The SMILES string of the molecule is C=Nc1[nH]ncc1C(=O)NC1CC1. The van der Waals surface area contributed by atoms with Crippen molar-refractivity contribution in [2.24, 2.45) is 4.99 Å². The molecule has 1 aliphatic carbocycles. The highest BCUT2D eigenvalue weighted by Gasteiger charge is 2.25. The molecule has 1 fully saturated rings. The topological polar surface area (TPSA) is 70.1 Å². The molecular formula is C8H10N4O. The van der Waals surface area contributed by atoms with Gasteiger partial charge >= 0.3 is 0 Å². The highest BCUT2D eigenvalue weighted by molar-refractivity contribution is 5.98. The summed E-state index contributed by atoms with van der Waals surface area (Å²) in [5, 5.41) is 9.16. The molecule has 5 nitrogen and oxygen atoms in total. The molecule has 0 atom stereocenters. The molecule has 2 N–H and O–H groups in total. The van der Waals surface area contributed by atoms with Gasteiger partial charge in [-0.2, -0.15) is 5.10 Å². The zero-order valence-corrected chi connectivity index (χ0v) is 7.08. The second-order valence-electron chi connectivity index (χ2n) is 3.04. The number of hydrogen-bond donors (Lipinski definition) is 2. The van der Waals surface area contributed by atoms with Crippen LogP contribution in [0.3, 0.4) is 0 Å². The van der Waals surface area contributed by atoms with Gasteiger partial charge in [-0.05, 0) is 19.6 Å². The minimum Gasteiger partial charge on any atom is -0.349 e. The third-order valence-corrected chi connectivity index (χ3v) is 1.93. The molecule has 0 aromatic carbocycles. The number of aromatic nitrogens is 2. The molecule has 1 aromatic rings. The van der Waals surface area contributed by atoms with E-state index in [1.165, 1.54) is 6.20 Å². The molecule has 0 aliphatic heterocycles. The van der Waals surface area contributed by atoms with Crippen LogP contribution in [0, 0.1) is 0 Å². The fraction of sp³-hybridized carbons (Fsp3) is 0.375. The van der Waals surface area contributed by atoms with Crippen molar-refractivity contribution in [1.82, 2.24) is 15.5 Å². The van der Waals surface area contributed by atoms with Gasteiger partial charge in [-0.3, -0.25) is 9.89 Å². The Kier molecular flexibility index (Phi) is 1.84. The summed E-state index contributed by atoms with van der Waals surface area (Å²) in [7, 11) is 0. The Balaban J connectivity index is 2.13. The highest BCUT2D eigenvalue weighted by atomic mass is 16.1. The number of nitrogens with one attached hydrogen (secondary N) is 2. The second kappa shape index (κ2) is 3.01. The number of aromatic amines is 1. The molecule has 68 valence electrons. The Bertz CT molecular complexity index is 340. The van der Waals surface area contributed by atoms with Crippen molar-refractivity contribution < 1.29 is 4.79 Å². The van der Waals surface area contributed by atoms with Gasteiger partial charge in [-0.15, -0.1) is 0 Å². The van der Waals surface area contributed by atoms with Gasteiger partial charge in [-0.1, -0.05) is 0 Å². The summed E-state index contributed by atoms with van der Waals surface area (Å²) >= 11 is 0. The summed E-state index contributed by atoms with van der Waals surface area (Å²) in [5.74, 6) is 0.303. The van der Waals surface area contributed by atoms with Crippen LogP contribution in [0.1, 0.15) is 23.2 Å². The van der Waals surface area contributed by atoms with Gasteiger partial charge < -0.3 is 5.32 Å². The maximum absolute atomic E-state index is 11.5. The number of aliphatic imine (C=N–C) groups is 1. The van der Waals surface area contributed by atoms with Crippen molar-refractivity contribution in [3.05, 3.63) is 11.8 Å². The van der Waals surface area contributed by atoms with E-state index in [1.54, 1.807) is 0 Å². The third kappa shape index (κ3) is 1.58. The minimum absolute atomic E-state index is 0.126. The molecule has 0 bridgehead atoms. The number of carbonyl (C=O) groups is 1. The second-order valence-corrected chi connectivity index (χ2v) is 3.04. The lowest BCUT2D eigenvalue weighted by Gasteiger charge is -1.99. The molecule has 1 aromatic heterocycles. The molecule has 1 saturated carbocycles. The first kappa shape index (κ1) is 7.97. The van der Waals surface area contributed by atoms with E-state index in [0.717, 1.165) is 12.8 Å². The number of amides is 1. The Morgan fingerprint density at radius 2 is 2.54 bits per heavy atom. The Labute approximate surface area is 75.3 Å². The fourth-order valence-corrected chi connectivity index (χ4v) is 1.06. The number of nitrogens with zero attached hydrogens (tertiary/aromatic N) is 2. The lowest BCUT2D eigenvalue weighted by molar-refractivity contribution is 0.0952. The van der Waals surface area contributed by atoms with Gasteiger partial charge in [0.15, 0.2) is 5.82 Å². The summed E-state index contributed by atoms with van der Waals surface area (Å²) < 4.78 is 0. The first-order valence-corrected chi connectivity index (χ1v) is 4.12. The van der Waals surface area contributed by atoms with Crippen molar-refractivity contribution in [2.45, 2.75) is 18.9 Å². The van der Waals surface area contributed by atoms with Crippen LogP contribution in [0.15, 0.2) is 11.2 Å². The summed E-state index contributed by atoms with van der Waals surface area (Å²) in [5.41, 5.74) is 0.460. The number of hydrogen-bond acceptors (Lipinski definition) is 3. The van der Waals surface area contributed by atoms with Crippen molar-refractivity contribution in [3.63, 3.8) is 0 Å². The number of carbonyl (C=O) groups excluding carboxylic acids is 1. The van der Waals surface area contributed by atoms with Crippen molar-refractivity contribution in [2.75, 3.05) is 0 Å². The zero-order valence-electron chi connectivity index (χ0n) is 7.08. The summed E-state index contributed by atoms with van der Waals surface area (Å²) in [6, 6.07) is 0.347. The smallest absolute Gasteiger partial charge is 0.256 e. The Morgan fingerprint density at radius 1 is 1.77 bits per heavy atom. The van der Waals surface area contributed by atoms with Crippen molar-refractivity contribution in [1.29, 1.82) is 0 Å². The van der Waals surface area contributed by atoms with E-state index < -0.39 is 0 Å². The van der Waals surface area contributed by atoms with E-state index in [0.29, 0.717) is 17.4 Å². The van der Waals surface area contributed by atoms with Crippen molar-refractivity contribution >= 4 is 18.4 Å². The van der Waals surface area contributed by atoms with Gasteiger partial charge in [0.1, 0.15) is 5.56 Å². The summed E-state index contributed by atoms with van der Waals surface area (Å²) in [6.07, 6.45) is 3.60. The van der Waals surface area contributed by atoms with Crippen LogP contribution in [0.2, 0.25) is 0 Å². The molecule has 13 heavy (non-hydrogen) atoms. The van der Waals surface area contributed by atoms with Crippen LogP contribution in [0.4, 0.5) is 5.82 Å². The zero-order chi connectivity index (χ0) is 9.26. The monoisotopic (exact) mass is 178 g/mol. The fourth-order valence-electron chi connectivity index (χ4n) is 1.06. The largest absolute Gasteiger partial charge is 0.349 e. The molecule has 0 spiro atoms. The van der Waals surface area contributed by atoms with Gasteiger partial charge in [0.05, 0.1) is 6.20 Å². The normalized spacial score (nSPS) is 15.4. The standard InChI is InChI=1S/C8H10N4O/c1-9-7-6(4-10-12-7)8(13)11-5-2-3-5/h4-5H,1-3H2,(H,10,12)(H,11,13). The lowest BCUT2D eigenvalue weighted by Crippen LogP contribution is -2.24. The van der Waals surface area contributed by atoms with Crippen LogP contribution in [-0.4, -0.2) is 28.9 Å². The predicted molar refractivity (Wildman–Crippen MR) is 48.3 cm³/mol. The molecule has 1 heterocycles. The number of rotatable bonds is 3. The third-order valence-electron chi connectivity index (χ3n) is 1.93. The number of H-pyrrole nitrogens is 1. The van der Waals surface area contributed by atoms with E-state index in [2.05, 4.69) is 27.2 Å². The summed E-state index contributed by atoms with van der Waals surface area (Å²) in [6.45, 7) is 3.34. The van der Waals surface area contributed by atoms with E-state index >= 15 is 0 Å². The van der Waals surface area contributed by atoms with E-state index in [-0.39, 0.29) is 5.91 Å². The maximum atomic E-state index is 11.5. The first-order chi connectivity index (χ1) is 6.31. The molecule has 1 aliphatic rings. The summed E-state index contributed by atoms with van der Waals surface area (Å²) in [4.78, 5) is 15.1. The minimum atomic E-state index is -0.126. The van der Waals surface area contributed by atoms with Gasteiger partial charge in [0, 0.05) is 6.04 Å². The van der Waals surface area contributed by atoms with Crippen LogP contribution in [0.25, 0.3) is 0 Å². The van der Waals surface area contributed by atoms with E-state index in [1.807, 2.05) is 0 Å². The van der Waals surface area contributed by atoms with Crippen molar-refractivity contribution in [3.8, 4) is 0 Å². The quantitative estimate of drug-likeness (QED) is 0.666. The van der Waals surface area contributed by atoms with Gasteiger partial charge in [0.25, 0.3) is 5.91 Å². The average Bonchev–Trinajstić information content (AvgIpc) is 2.82. The molecule has 0 saturated heterocycles. The predicted octanol–water partition coefficient (Wildman–Crippen LogP) is 0.634. The first-order valence-electron chi connectivity index (χ1n) is 4.12. The Morgan fingerprint density at radius 3 is 3.15 bits per heavy atom. The van der Waals surface area contributed by atoms with Crippen LogP contribution in [0.5, 0.6) is 0 Å².